The Kier molecular flexibility index (Phi) is 4.37. The fraction of sp³-hybridized carbons (Fsp3) is 0.538. The molecule has 1 aliphatic rings. The lowest BCUT2D eigenvalue weighted by molar-refractivity contribution is 0.0982. The summed E-state index contributed by atoms with van der Waals surface area (Å²) in [6.45, 7) is 0.817. The quantitative estimate of drug-likeness (QED) is 0.900. The Labute approximate surface area is 106 Å². The van der Waals surface area contributed by atoms with Gasteiger partial charge in [0, 0.05) is 23.2 Å². The molecule has 2 N–H and O–H groups in total. The second-order valence-electron chi connectivity index (χ2n) is 4.54. The third-order valence-corrected chi connectivity index (χ3v) is 3.47. The van der Waals surface area contributed by atoms with Crippen LogP contribution in [0.25, 0.3) is 0 Å². The molecule has 0 spiro atoms. The van der Waals surface area contributed by atoms with Crippen LogP contribution >= 0.6 is 11.6 Å². The number of ether oxygens (including phenoxy) is 1. The Morgan fingerprint density at radius 3 is 3.00 bits per heavy atom. The van der Waals surface area contributed by atoms with Crippen molar-refractivity contribution >= 4 is 11.6 Å². The van der Waals surface area contributed by atoms with E-state index in [1.807, 2.05) is 0 Å². The van der Waals surface area contributed by atoms with Crippen LogP contribution in [0.15, 0.2) is 18.2 Å². The summed E-state index contributed by atoms with van der Waals surface area (Å²) in [6, 6.07) is 4.61. The summed E-state index contributed by atoms with van der Waals surface area (Å²) in [7, 11) is 0. The number of halogens is 2. The molecule has 0 bridgehead atoms. The average molecular weight is 258 g/mol. The zero-order valence-corrected chi connectivity index (χ0v) is 10.4. The Morgan fingerprint density at radius 2 is 2.35 bits per heavy atom. The van der Waals surface area contributed by atoms with E-state index >= 15 is 0 Å². The van der Waals surface area contributed by atoms with Gasteiger partial charge in [-0.3, -0.25) is 0 Å². The predicted octanol–water partition coefficient (Wildman–Crippen LogP) is 2.92. The standard InChI is InChI=1S/C13H17ClFNO/c14-12-4-1-5-13(15)11(12)8-9(16)7-10-3-2-6-17-10/h1,4-5,9-10H,2-3,6-8,16H2. The van der Waals surface area contributed by atoms with Crippen molar-refractivity contribution in [2.75, 3.05) is 6.61 Å². The maximum Gasteiger partial charge on any atom is 0.127 e. The average Bonchev–Trinajstić information content (AvgIpc) is 2.76. The van der Waals surface area contributed by atoms with Crippen LogP contribution in [-0.2, 0) is 11.2 Å². The van der Waals surface area contributed by atoms with Crippen molar-refractivity contribution in [2.45, 2.75) is 37.8 Å². The summed E-state index contributed by atoms with van der Waals surface area (Å²) in [5.41, 5.74) is 6.53. The molecule has 2 unspecified atom stereocenters. The summed E-state index contributed by atoms with van der Waals surface area (Å²) in [6.07, 6.45) is 3.61. The molecular formula is C13H17ClFNO. The number of hydrogen-bond acceptors (Lipinski definition) is 2. The summed E-state index contributed by atoms with van der Waals surface area (Å²) in [5, 5.41) is 0.452. The first kappa shape index (κ1) is 12.8. The second-order valence-corrected chi connectivity index (χ2v) is 4.94. The molecule has 4 heteroatoms. The van der Waals surface area contributed by atoms with Crippen LogP contribution in [0.5, 0.6) is 0 Å². The fourth-order valence-corrected chi connectivity index (χ4v) is 2.48. The molecule has 2 nitrogen and oxygen atoms in total. The van der Waals surface area contributed by atoms with Crippen molar-refractivity contribution in [3.8, 4) is 0 Å². The highest BCUT2D eigenvalue weighted by atomic mass is 35.5. The smallest absolute Gasteiger partial charge is 0.127 e. The van der Waals surface area contributed by atoms with Gasteiger partial charge in [0.15, 0.2) is 0 Å². The molecule has 0 saturated carbocycles. The van der Waals surface area contributed by atoms with Gasteiger partial charge in [0.2, 0.25) is 0 Å². The summed E-state index contributed by atoms with van der Waals surface area (Å²) in [5.74, 6) is -0.278. The van der Waals surface area contributed by atoms with Crippen LogP contribution < -0.4 is 5.73 Å². The molecule has 1 fully saturated rings. The monoisotopic (exact) mass is 257 g/mol. The van der Waals surface area contributed by atoms with Crippen molar-refractivity contribution in [3.05, 3.63) is 34.6 Å². The third kappa shape index (κ3) is 3.41. The van der Waals surface area contributed by atoms with Crippen molar-refractivity contribution in [1.29, 1.82) is 0 Å². The van der Waals surface area contributed by atoms with E-state index in [0.29, 0.717) is 17.0 Å². The van der Waals surface area contributed by atoms with Crippen molar-refractivity contribution in [3.63, 3.8) is 0 Å². The Bertz CT molecular complexity index is 359. The van der Waals surface area contributed by atoms with Crippen molar-refractivity contribution in [2.24, 2.45) is 5.73 Å². The van der Waals surface area contributed by atoms with Gasteiger partial charge in [-0.2, -0.15) is 0 Å². The molecule has 0 amide bonds. The Hall–Kier alpha value is -0.640. The lowest BCUT2D eigenvalue weighted by Gasteiger charge is -2.17. The molecule has 1 heterocycles. The van der Waals surface area contributed by atoms with E-state index in [1.165, 1.54) is 6.07 Å². The highest BCUT2D eigenvalue weighted by molar-refractivity contribution is 6.31. The largest absolute Gasteiger partial charge is 0.378 e. The van der Waals surface area contributed by atoms with Crippen molar-refractivity contribution < 1.29 is 9.13 Å². The van der Waals surface area contributed by atoms with Crippen LogP contribution in [0.2, 0.25) is 5.02 Å². The first-order chi connectivity index (χ1) is 8.16. The van der Waals surface area contributed by atoms with Gasteiger partial charge in [-0.05, 0) is 37.8 Å². The van der Waals surface area contributed by atoms with E-state index in [1.54, 1.807) is 12.1 Å². The minimum atomic E-state index is -0.278. The molecule has 0 aromatic heterocycles. The van der Waals surface area contributed by atoms with Crippen LogP contribution in [0, 0.1) is 5.82 Å². The number of rotatable bonds is 4. The zero-order chi connectivity index (χ0) is 12.3. The Balaban J connectivity index is 1.95. The zero-order valence-electron chi connectivity index (χ0n) is 9.66. The van der Waals surface area contributed by atoms with Crippen molar-refractivity contribution in [1.82, 2.24) is 0 Å². The van der Waals surface area contributed by atoms with E-state index in [9.17, 15) is 4.39 Å². The molecule has 1 aromatic carbocycles. The van der Waals surface area contributed by atoms with Crippen LogP contribution in [0.3, 0.4) is 0 Å². The van der Waals surface area contributed by atoms with Gasteiger partial charge >= 0.3 is 0 Å². The van der Waals surface area contributed by atoms with Crippen LogP contribution in [0.4, 0.5) is 4.39 Å². The number of hydrogen-bond donors (Lipinski definition) is 1. The molecule has 2 atom stereocenters. The predicted molar refractivity (Wildman–Crippen MR) is 66.7 cm³/mol. The summed E-state index contributed by atoms with van der Waals surface area (Å²) >= 11 is 5.96. The molecule has 1 saturated heterocycles. The maximum absolute atomic E-state index is 13.6. The van der Waals surface area contributed by atoms with E-state index in [2.05, 4.69) is 0 Å². The molecule has 1 aliphatic heterocycles. The summed E-state index contributed by atoms with van der Waals surface area (Å²) < 4.78 is 19.1. The first-order valence-electron chi connectivity index (χ1n) is 5.97. The molecular weight excluding hydrogens is 241 g/mol. The van der Waals surface area contributed by atoms with E-state index in [4.69, 9.17) is 22.1 Å². The third-order valence-electron chi connectivity index (χ3n) is 3.12. The maximum atomic E-state index is 13.6. The molecule has 0 aliphatic carbocycles. The Morgan fingerprint density at radius 1 is 1.53 bits per heavy atom. The minimum absolute atomic E-state index is 0.104. The van der Waals surface area contributed by atoms with Crippen LogP contribution in [-0.4, -0.2) is 18.8 Å². The van der Waals surface area contributed by atoms with Gasteiger partial charge < -0.3 is 10.5 Å². The summed E-state index contributed by atoms with van der Waals surface area (Å²) in [4.78, 5) is 0. The fourth-order valence-electron chi connectivity index (χ4n) is 2.24. The molecule has 1 aromatic rings. The molecule has 0 radical (unpaired) electrons. The van der Waals surface area contributed by atoms with Gasteiger partial charge in [-0.15, -0.1) is 0 Å². The highest BCUT2D eigenvalue weighted by Gasteiger charge is 2.20. The first-order valence-corrected chi connectivity index (χ1v) is 6.34. The number of benzene rings is 1. The highest BCUT2D eigenvalue weighted by Crippen LogP contribution is 2.23. The van der Waals surface area contributed by atoms with E-state index in [-0.39, 0.29) is 18.0 Å². The molecule has 2 rings (SSSR count). The van der Waals surface area contributed by atoms with Gasteiger partial charge in [-0.25, -0.2) is 4.39 Å². The van der Waals surface area contributed by atoms with E-state index < -0.39 is 0 Å². The minimum Gasteiger partial charge on any atom is -0.378 e. The van der Waals surface area contributed by atoms with E-state index in [0.717, 1.165) is 25.9 Å². The van der Waals surface area contributed by atoms with Gasteiger partial charge in [-0.1, -0.05) is 17.7 Å². The molecule has 17 heavy (non-hydrogen) atoms. The lowest BCUT2D eigenvalue weighted by Crippen LogP contribution is -2.28. The SMILES string of the molecule is NC(Cc1c(F)cccc1Cl)CC1CCCO1. The van der Waals surface area contributed by atoms with Gasteiger partial charge in [0.05, 0.1) is 6.10 Å². The number of nitrogens with two attached hydrogens (primary N) is 1. The topological polar surface area (TPSA) is 35.2 Å². The van der Waals surface area contributed by atoms with Gasteiger partial charge in [0.25, 0.3) is 0 Å². The normalized spacial score (nSPS) is 21.7. The van der Waals surface area contributed by atoms with Gasteiger partial charge in [0.1, 0.15) is 5.82 Å². The second kappa shape index (κ2) is 5.80. The lowest BCUT2D eigenvalue weighted by atomic mass is 10.00. The molecule has 94 valence electrons. The van der Waals surface area contributed by atoms with Crippen LogP contribution in [0.1, 0.15) is 24.8 Å².